The fourth-order valence-corrected chi connectivity index (χ4v) is 1.42. The molecule has 13 heavy (non-hydrogen) atoms. The molecule has 66 valence electrons. The molecule has 1 aromatic carbocycles. The largest absolute Gasteiger partial charge is 0.373 e. The van der Waals surface area contributed by atoms with E-state index in [9.17, 15) is 0 Å². The van der Waals surface area contributed by atoms with E-state index in [2.05, 4.69) is 6.07 Å². The van der Waals surface area contributed by atoms with Crippen LogP contribution in [-0.2, 0) is 4.74 Å². The summed E-state index contributed by atoms with van der Waals surface area (Å²) in [6, 6.07) is 12.2. The minimum absolute atomic E-state index is 0.00583. The summed E-state index contributed by atoms with van der Waals surface area (Å²) < 4.78 is 5.11. The highest BCUT2D eigenvalue weighted by molar-refractivity contribution is 5.24. The molecule has 0 radical (unpaired) electrons. The molecule has 1 aliphatic rings. The van der Waals surface area contributed by atoms with Crippen LogP contribution in [0.2, 0.25) is 0 Å². The molecule has 1 aliphatic heterocycles. The Kier molecular flexibility index (Phi) is 2.29. The van der Waals surface area contributed by atoms with Crippen LogP contribution < -0.4 is 0 Å². The van der Waals surface area contributed by atoms with E-state index in [1.165, 1.54) is 0 Å². The van der Waals surface area contributed by atoms with Gasteiger partial charge in [-0.25, -0.2) is 0 Å². The molecule has 1 heterocycles. The highest BCUT2D eigenvalue weighted by Gasteiger charge is 2.27. The van der Waals surface area contributed by atoms with Gasteiger partial charge in [0, 0.05) is 0 Å². The first-order chi connectivity index (χ1) is 6.40. The third-order valence-electron chi connectivity index (χ3n) is 2.26. The molecule has 2 rings (SSSR count). The zero-order chi connectivity index (χ0) is 9.10. The van der Waals surface area contributed by atoms with Crippen molar-refractivity contribution in [3.63, 3.8) is 0 Å². The van der Waals surface area contributed by atoms with Crippen molar-refractivity contribution in [2.24, 2.45) is 0 Å². The Balaban J connectivity index is 2.08. The molecular weight excluding hydrogens is 162 g/mol. The average molecular weight is 173 g/mol. The van der Waals surface area contributed by atoms with Crippen LogP contribution in [-0.4, -0.2) is 12.7 Å². The summed E-state index contributed by atoms with van der Waals surface area (Å²) in [6.45, 7) is 0.824. The maximum Gasteiger partial charge on any atom is 0.0825 e. The van der Waals surface area contributed by atoms with Gasteiger partial charge in [-0.3, -0.25) is 0 Å². The second kappa shape index (κ2) is 3.59. The quantitative estimate of drug-likeness (QED) is 0.656. The number of hydrogen-bond donors (Lipinski definition) is 0. The molecule has 1 fully saturated rings. The van der Waals surface area contributed by atoms with Crippen molar-refractivity contribution >= 4 is 0 Å². The summed E-state index contributed by atoms with van der Waals surface area (Å²) in [5.41, 5.74) is 1.10. The van der Waals surface area contributed by atoms with Gasteiger partial charge in [0.15, 0.2) is 0 Å². The van der Waals surface area contributed by atoms with E-state index in [4.69, 9.17) is 10.00 Å². The lowest BCUT2D eigenvalue weighted by Gasteiger charge is -2.06. The normalized spacial score (nSPS) is 21.9. The first kappa shape index (κ1) is 8.28. The number of rotatable bonds is 3. The lowest BCUT2D eigenvalue weighted by Crippen LogP contribution is -1.99. The molecular formula is C11H11NO. The topological polar surface area (TPSA) is 36.3 Å². The predicted octanol–water partition coefficient (Wildman–Crippen LogP) is 2.08. The molecule has 0 N–H and O–H groups in total. The molecule has 0 spiro atoms. The minimum atomic E-state index is -0.00583. The summed E-state index contributed by atoms with van der Waals surface area (Å²) in [4.78, 5) is 0. The molecule has 1 aromatic rings. The van der Waals surface area contributed by atoms with Crippen LogP contribution in [0.25, 0.3) is 0 Å². The molecule has 2 atom stereocenters. The Morgan fingerprint density at radius 3 is 2.69 bits per heavy atom. The highest BCUT2D eigenvalue weighted by atomic mass is 16.6. The van der Waals surface area contributed by atoms with Crippen molar-refractivity contribution in [2.45, 2.75) is 18.4 Å². The van der Waals surface area contributed by atoms with E-state index in [-0.39, 0.29) is 5.92 Å². The maximum absolute atomic E-state index is 8.95. The van der Waals surface area contributed by atoms with E-state index < -0.39 is 0 Å². The first-order valence-electron chi connectivity index (χ1n) is 4.46. The predicted molar refractivity (Wildman–Crippen MR) is 49.2 cm³/mol. The molecule has 0 aromatic heterocycles. The van der Waals surface area contributed by atoms with Crippen LogP contribution in [0.4, 0.5) is 0 Å². The lowest BCUT2D eigenvalue weighted by molar-refractivity contribution is 0.391. The fourth-order valence-electron chi connectivity index (χ4n) is 1.42. The average Bonchev–Trinajstić information content (AvgIpc) is 2.99. The van der Waals surface area contributed by atoms with E-state index in [0.29, 0.717) is 6.10 Å². The monoisotopic (exact) mass is 173 g/mol. The molecule has 2 heteroatoms. The van der Waals surface area contributed by atoms with Gasteiger partial charge in [-0.1, -0.05) is 30.3 Å². The van der Waals surface area contributed by atoms with Gasteiger partial charge in [-0.2, -0.15) is 5.26 Å². The fraction of sp³-hybridized carbons (Fsp3) is 0.364. The van der Waals surface area contributed by atoms with Gasteiger partial charge in [0.25, 0.3) is 0 Å². The summed E-state index contributed by atoms with van der Waals surface area (Å²) in [6.07, 6.45) is 1.16. The van der Waals surface area contributed by atoms with Gasteiger partial charge < -0.3 is 4.74 Å². The second-order valence-corrected chi connectivity index (χ2v) is 3.28. The van der Waals surface area contributed by atoms with Gasteiger partial charge >= 0.3 is 0 Å². The standard InChI is InChI=1S/C11H11NO/c12-7-10(6-11-8-13-11)9-4-2-1-3-5-9/h1-5,10-11H,6,8H2/t10-,11-/m1/s1. The summed E-state index contributed by atoms with van der Waals surface area (Å²) in [7, 11) is 0. The first-order valence-corrected chi connectivity index (χ1v) is 4.46. The Morgan fingerprint density at radius 2 is 2.15 bits per heavy atom. The molecule has 0 saturated carbocycles. The zero-order valence-corrected chi connectivity index (χ0v) is 7.31. The number of hydrogen-bond acceptors (Lipinski definition) is 2. The van der Waals surface area contributed by atoms with Crippen LogP contribution >= 0.6 is 0 Å². The van der Waals surface area contributed by atoms with Gasteiger partial charge in [-0.15, -0.1) is 0 Å². The minimum Gasteiger partial charge on any atom is -0.373 e. The smallest absolute Gasteiger partial charge is 0.0825 e. The maximum atomic E-state index is 8.95. The Bertz CT molecular complexity index is 311. The zero-order valence-electron chi connectivity index (χ0n) is 7.31. The molecule has 0 amide bonds. The van der Waals surface area contributed by atoms with Crippen LogP contribution in [0.3, 0.4) is 0 Å². The molecule has 0 unspecified atom stereocenters. The van der Waals surface area contributed by atoms with Crippen molar-refractivity contribution in [1.82, 2.24) is 0 Å². The van der Waals surface area contributed by atoms with Gasteiger partial charge in [-0.05, 0) is 12.0 Å². The lowest BCUT2D eigenvalue weighted by atomic mass is 9.96. The Labute approximate surface area is 77.8 Å². The number of nitriles is 1. The van der Waals surface area contributed by atoms with E-state index >= 15 is 0 Å². The van der Waals surface area contributed by atoms with Gasteiger partial charge in [0.2, 0.25) is 0 Å². The Morgan fingerprint density at radius 1 is 1.46 bits per heavy atom. The van der Waals surface area contributed by atoms with Gasteiger partial charge in [0.1, 0.15) is 0 Å². The second-order valence-electron chi connectivity index (χ2n) is 3.28. The van der Waals surface area contributed by atoms with Gasteiger partial charge in [0.05, 0.1) is 24.7 Å². The molecule has 0 aliphatic carbocycles. The number of benzene rings is 1. The number of ether oxygens (including phenoxy) is 1. The van der Waals surface area contributed by atoms with E-state index in [0.717, 1.165) is 18.6 Å². The van der Waals surface area contributed by atoms with Crippen LogP contribution in [0.1, 0.15) is 17.9 Å². The summed E-state index contributed by atoms with van der Waals surface area (Å²) in [5.74, 6) is -0.00583. The van der Waals surface area contributed by atoms with Crippen molar-refractivity contribution in [3.8, 4) is 6.07 Å². The third kappa shape index (κ3) is 2.07. The van der Waals surface area contributed by atoms with Crippen LogP contribution in [0.15, 0.2) is 30.3 Å². The van der Waals surface area contributed by atoms with Crippen molar-refractivity contribution in [3.05, 3.63) is 35.9 Å². The van der Waals surface area contributed by atoms with Crippen LogP contribution in [0, 0.1) is 11.3 Å². The molecule has 0 bridgehead atoms. The molecule has 2 nitrogen and oxygen atoms in total. The van der Waals surface area contributed by atoms with E-state index in [1.807, 2.05) is 30.3 Å². The van der Waals surface area contributed by atoms with Crippen molar-refractivity contribution in [2.75, 3.05) is 6.61 Å². The summed E-state index contributed by atoms with van der Waals surface area (Å²) >= 11 is 0. The highest BCUT2D eigenvalue weighted by Crippen LogP contribution is 2.26. The SMILES string of the molecule is N#C[C@@H](C[C@@H]1CO1)c1ccccc1. The number of epoxide rings is 1. The van der Waals surface area contributed by atoms with Crippen molar-refractivity contribution in [1.29, 1.82) is 5.26 Å². The van der Waals surface area contributed by atoms with Crippen LogP contribution in [0.5, 0.6) is 0 Å². The number of nitrogens with zero attached hydrogens (tertiary/aromatic N) is 1. The van der Waals surface area contributed by atoms with Crippen molar-refractivity contribution < 1.29 is 4.74 Å². The third-order valence-corrected chi connectivity index (χ3v) is 2.26. The van der Waals surface area contributed by atoms with E-state index in [1.54, 1.807) is 0 Å². The summed E-state index contributed by atoms with van der Waals surface area (Å²) in [5, 5.41) is 8.95. The molecule has 1 saturated heterocycles. The Hall–Kier alpha value is -1.33.